The standard InChI is InChI=1S/C14H21N3O7/c1-6(9(13(21)23-2)14(22)24-3)10(11(15)19)17-12(20)7-4-5-8(18)16-7/h6-7,9-10H,4-5H2,1-3H3,(H2,15,19)(H,16,18)(H,17,20)/t6-,7+,10+/m1/s1. The van der Waals surface area contributed by atoms with Gasteiger partial charge in [0.2, 0.25) is 17.7 Å². The molecule has 0 bridgehead atoms. The molecule has 0 saturated carbocycles. The number of carbonyl (C=O) groups excluding carboxylic acids is 5. The van der Waals surface area contributed by atoms with E-state index >= 15 is 0 Å². The molecule has 0 aromatic carbocycles. The minimum atomic E-state index is -1.43. The zero-order chi connectivity index (χ0) is 18.4. The molecule has 24 heavy (non-hydrogen) atoms. The number of nitrogens with one attached hydrogen (secondary N) is 2. The second kappa shape index (κ2) is 8.27. The van der Waals surface area contributed by atoms with Crippen LogP contribution in [-0.4, -0.2) is 56.0 Å². The molecule has 10 nitrogen and oxygen atoms in total. The highest BCUT2D eigenvalue weighted by Gasteiger charge is 2.42. The van der Waals surface area contributed by atoms with Crippen molar-refractivity contribution in [2.45, 2.75) is 31.8 Å². The molecule has 3 amide bonds. The SMILES string of the molecule is COC(=O)C(C(=O)OC)[C@@H](C)[C@H](NC(=O)[C@@H]1CCC(=O)N1)C(N)=O. The van der Waals surface area contributed by atoms with Crippen molar-refractivity contribution in [2.24, 2.45) is 17.6 Å². The van der Waals surface area contributed by atoms with Gasteiger partial charge in [0.25, 0.3) is 0 Å². The molecule has 1 saturated heterocycles. The summed E-state index contributed by atoms with van der Waals surface area (Å²) in [5.74, 6) is -6.10. The zero-order valence-electron chi connectivity index (χ0n) is 13.7. The van der Waals surface area contributed by atoms with Crippen LogP contribution in [0.2, 0.25) is 0 Å². The van der Waals surface area contributed by atoms with Gasteiger partial charge in [-0.1, -0.05) is 6.92 Å². The van der Waals surface area contributed by atoms with Crippen molar-refractivity contribution in [2.75, 3.05) is 14.2 Å². The van der Waals surface area contributed by atoms with Crippen LogP contribution in [0.5, 0.6) is 0 Å². The molecule has 0 spiro atoms. The van der Waals surface area contributed by atoms with Crippen LogP contribution in [0, 0.1) is 11.8 Å². The monoisotopic (exact) mass is 343 g/mol. The molecule has 4 N–H and O–H groups in total. The largest absolute Gasteiger partial charge is 0.468 e. The second-order valence-electron chi connectivity index (χ2n) is 5.43. The highest BCUT2D eigenvalue weighted by molar-refractivity contribution is 5.97. The summed E-state index contributed by atoms with van der Waals surface area (Å²) >= 11 is 0. The van der Waals surface area contributed by atoms with Gasteiger partial charge >= 0.3 is 11.9 Å². The van der Waals surface area contributed by atoms with Crippen LogP contribution < -0.4 is 16.4 Å². The van der Waals surface area contributed by atoms with E-state index in [0.717, 1.165) is 14.2 Å². The highest BCUT2D eigenvalue weighted by Crippen LogP contribution is 2.20. The van der Waals surface area contributed by atoms with Crippen LogP contribution in [0.1, 0.15) is 19.8 Å². The van der Waals surface area contributed by atoms with Gasteiger partial charge < -0.3 is 25.8 Å². The Labute approximate surface area is 138 Å². The molecule has 10 heteroatoms. The molecule has 1 rings (SSSR count). The predicted molar refractivity (Wildman–Crippen MR) is 79.0 cm³/mol. The number of primary amides is 1. The van der Waals surface area contributed by atoms with Crippen molar-refractivity contribution in [3.8, 4) is 0 Å². The maximum absolute atomic E-state index is 12.1. The van der Waals surface area contributed by atoms with Crippen molar-refractivity contribution in [1.82, 2.24) is 10.6 Å². The third-order valence-electron chi connectivity index (χ3n) is 3.88. The van der Waals surface area contributed by atoms with E-state index in [4.69, 9.17) is 5.73 Å². The van der Waals surface area contributed by atoms with Crippen molar-refractivity contribution in [1.29, 1.82) is 0 Å². The lowest BCUT2D eigenvalue weighted by Gasteiger charge is -2.27. The Morgan fingerprint density at radius 1 is 1.21 bits per heavy atom. The van der Waals surface area contributed by atoms with Gasteiger partial charge in [0.05, 0.1) is 14.2 Å². The highest BCUT2D eigenvalue weighted by atomic mass is 16.5. The molecule has 0 aromatic rings. The first-order chi connectivity index (χ1) is 11.2. The van der Waals surface area contributed by atoms with Gasteiger partial charge in [0, 0.05) is 12.3 Å². The number of carbonyl (C=O) groups is 5. The number of methoxy groups -OCH3 is 2. The van der Waals surface area contributed by atoms with Gasteiger partial charge in [0.15, 0.2) is 5.92 Å². The molecule has 0 aromatic heterocycles. The van der Waals surface area contributed by atoms with E-state index in [0.29, 0.717) is 0 Å². The fourth-order valence-corrected chi connectivity index (χ4v) is 2.50. The number of rotatable bonds is 7. The number of nitrogens with two attached hydrogens (primary N) is 1. The van der Waals surface area contributed by atoms with Gasteiger partial charge in [0.1, 0.15) is 12.1 Å². The fourth-order valence-electron chi connectivity index (χ4n) is 2.50. The van der Waals surface area contributed by atoms with Gasteiger partial charge in [-0.3, -0.25) is 24.0 Å². The van der Waals surface area contributed by atoms with E-state index in [9.17, 15) is 24.0 Å². The van der Waals surface area contributed by atoms with Crippen molar-refractivity contribution in [3.63, 3.8) is 0 Å². The van der Waals surface area contributed by atoms with Gasteiger partial charge in [-0.05, 0) is 6.42 Å². The van der Waals surface area contributed by atoms with E-state index in [1.165, 1.54) is 6.92 Å². The summed E-state index contributed by atoms with van der Waals surface area (Å²) in [5.41, 5.74) is 5.29. The van der Waals surface area contributed by atoms with E-state index in [1.54, 1.807) is 0 Å². The summed E-state index contributed by atoms with van der Waals surface area (Å²) < 4.78 is 9.09. The van der Waals surface area contributed by atoms with Crippen LogP contribution in [0.4, 0.5) is 0 Å². The Balaban J connectivity index is 2.94. The number of hydrogen-bond acceptors (Lipinski definition) is 7. The van der Waals surface area contributed by atoms with E-state index < -0.39 is 47.7 Å². The molecule has 3 atom stereocenters. The normalized spacial score (nSPS) is 19.2. The molecule has 1 fully saturated rings. The van der Waals surface area contributed by atoms with Gasteiger partial charge in [-0.25, -0.2) is 0 Å². The number of hydrogen-bond donors (Lipinski definition) is 3. The van der Waals surface area contributed by atoms with Crippen LogP contribution >= 0.6 is 0 Å². The molecule has 0 aliphatic carbocycles. The van der Waals surface area contributed by atoms with Crippen LogP contribution in [0.25, 0.3) is 0 Å². The smallest absolute Gasteiger partial charge is 0.320 e. The summed E-state index contributed by atoms with van der Waals surface area (Å²) in [4.78, 5) is 58.7. The molecule has 1 aliphatic heterocycles. The lowest BCUT2D eigenvalue weighted by atomic mass is 9.86. The van der Waals surface area contributed by atoms with E-state index in [1.807, 2.05) is 0 Å². The van der Waals surface area contributed by atoms with Crippen LogP contribution in [0.3, 0.4) is 0 Å². The molecule has 1 heterocycles. The van der Waals surface area contributed by atoms with Gasteiger partial charge in [-0.2, -0.15) is 0 Å². The van der Waals surface area contributed by atoms with Crippen molar-refractivity contribution in [3.05, 3.63) is 0 Å². The minimum Gasteiger partial charge on any atom is -0.468 e. The summed E-state index contributed by atoms with van der Waals surface area (Å²) in [6, 6.07) is -2.11. The number of ether oxygens (including phenoxy) is 2. The minimum absolute atomic E-state index is 0.196. The molecule has 134 valence electrons. The fraction of sp³-hybridized carbons (Fsp3) is 0.643. The Hall–Kier alpha value is -2.65. The van der Waals surface area contributed by atoms with Crippen molar-refractivity contribution >= 4 is 29.7 Å². The molecular formula is C14H21N3O7. The maximum Gasteiger partial charge on any atom is 0.320 e. The average molecular weight is 343 g/mol. The summed E-state index contributed by atoms with van der Waals surface area (Å²) in [6.07, 6.45) is 0.476. The third-order valence-corrected chi connectivity index (χ3v) is 3.88. The molecule has 1 aliphatic rings. The number of amides is 3. The topological polar surface area (TPSA) is 154 Å². The van der Waals surface area contributed by atoms with E-state index in [2.05, 4.69) is 20.1 Å². The number of esters is 2. The zero-order valence-corrected chi connectivity index (χ0v) is 13.7. The first-order valence-electron chi connectivity index (χ1n) is 7.27. The third kappa shape index (κ3) is 4.43. The average Bonchev–Trinajstić information content (AvgIpc) is 2.98. The maximum atomic E-state index is 12.1. The van der Waals surface area contributed by atoms with Crippen LogP contribution in [0.15, 0.2) is 0 Å². The molecule has 0 radical (unpaired) electrons. The first-order valence-corrected chi connectivity index (χ1v) is 7.27. The Morgan fingerprint density at radius 2 is 1.75 bits per heavy atom. The summed E-state index contributed by atoms with van der Waals surface area (Å²) in [6.45, 7) is 1.39. The van der Waals surface area contributed by atoms with Crippen LogP contribution in [-0.2, 0) is 33.4 Å². The molecule has 0 unspecified atom stereocenters. The van der Waals surface area contributed by atoms with E-state index in [-0.39, 0.29) is 18.7 Å². The van der Waals surface area contributed by atoms with Crippen molar-refractivity contribution < 1.29 is 33.4 Å². The molecular weight excluding hydrogens is 322 g/mol. The Kier molecular flexibility index (Phi) is 6.69. The van der Waals surface area contributed by atoms with Gasteiger partial charge in [-0.15, -0.1) is 0 Å². The summed E-state index contributed by atoms with van der Waals surface area (Å²) in [5, 5.41) is 4.82. The lowest BCUT2D eigenvalue weighted by Crippen LogP contribution is -2.56. The first kappa shape index (κ1) is 19.4. The summed E-state index contributed by atoms with van der Waals surface area (Å²) in [7, 11) is 2.16. The lowest BCUT2D eigenvalue weighted by molar-refractivity contribution is -0.162. The quantitative estimate of drug-likeness (QED) is 0.351. The Morgan fingerprint density at radius 3 is 2.12 bits per heavy atom. The predicted octanol–water partition coefficient (Wildman–Crippen LogP) is -2.17. The Bertz CT molecular complexity index is 532. The second-order valence-corrected chi connectivity index (χ2v) is 5.43.